The highest BCUT2D eigenvalue weighted by molar-refractivity contribution is 7.89. The summed E-state index contributed by atoms with van der Waals surface area (Å²) in [6.45, 7) is 2.41. The van der Waals surface area contributed by atoms with Gasteiger partial charge in [-0.1, -0.05) is 12.1 Å². The smallest absolute Gasteiger partial charge is 0.253 e. The molecule has 0 aliphatic carbocycles. The van der Waals surface area contributed by atoms with E-state index in [1.54, 1.807) is 53.3 Å². The summed E-state index contributed by atoms with van der Waals surface area (Å²) in [7, 11) is -0.613. The van der Waals surface area contributed by atoms with Crippen molar-refractivity contribution in [3.8, 4) is 5.75 Å². The third-order valence-corrected chi connectivity index (χ3v) is 8.53. The van der Waals surface area contributed by atoms with Crippen LogP contribution >= 0.6 is 0 Å². The van der Waals surface area contributed by atoms with Crippen LogP contribution in [0.1, 0.15) is 35.7 Å². The highest BCUT2D eigenvalue weighted by atomic mass is 32.2. The van der Waals surface area contributed by atoms with Gasteiger partial charge < -0.3 is 19.3 Å². The summed E-state index contributed by atoms with van der Waals surface area (Å²) in [6.07, 6.45) is 1.03. The van der Waals surface area contributed by atoms with Crippen molar-refractivity contribution in [3.05, 3.63) is 65.5 Å². The van der Waals surface area contributed by atoms with E-state index in [1.807, 2.05) is 0 Å². The molecule has 0 radical (unpaired) electrons. The number of likely N-dealkylation sites (tertiary alicyclic amines) is 1. The molecule has 1 saturated heterocycles. The van der Waals surface area contributed by atoms with Gasteiger partial charge in [0.25, 0.3) is 5.91 Å². The lowest BCUT2D eigenvalue weighted by Gasteiger charge is -2.39. The summed E-state index contributed by atoms with van der Waals surface area (Å²) >= 11 is 0. The van der Waals surface area contributed by atoms with E-state index in [9.17, 15) is 22.4 Å². The number of sulfonamides is 1. The summed E-state index contributed by atoms with van der Waals surface area (Å²) in [5.74, 6) is -0.363. The first-order valence-corrected chi connectivity index (χ1v) is 14.2. The summed E-state index contributed by atoms with van der Waals surface area (Å²) in [5.41, 5.74) is 1.16. The van der Waals surface area contributed by atoms with Crippen molar-refractivity contribution in [2.24, 2.45) is 0 Å². The molecule has 2 amide bonds. The number of carbonyl (C=O) groups is 2. The van der Waals surface area contributed by atoms with Crippen LogP contribution in [0.5, 0.6) is 5.75 Å². The molecule has 2 aromatic rings. The van der Waals surface area contributed by atoms with E-state index in [0.717, 1.165) is 4.31 Å². The molecule has 0 aromatic heterocycles. The number of ether oxygens (including phenoxy) is 2. The number of piperidine rings is 1. The Kier molecular flexibility index (Phi) is 10.6. The summed E-state index contributed by atoms with van der Waals surface area (Å²) in [4.78, 5) is 29.9. The predicted octanol–water partition coefficient (Wildman–Crippen LogP) is 2.77. The molecular weight excluding hydrogens is 513 g/mol. The number of methoxy groups -OCH3 is 2. The fourth-order valence-electron chi connectivity index (χ4n) is 4.48. The number of halogens is 1. The van der Waals surface area contributed by atoms with E-state index in [-0.39, 0.29) is 49.9 Å². The molecule has 208 valence electrons. The fourth-order valence-corrected chi connectivity index (χ4v) is 5.51. The zero-order valence-corrected chi connectivity index (χ0v) is 23.0. The van der Waals surface area contributed by atoms with E-state index in [4.69, 9.17) is 9.47 Å². The topological polar surface area (TPSA) is 96.5 Å². The van der Waals surface area contributed by atoms with Crippen LogP contribution in [-0.2, 0) is 26.1 Å². The van der Waals surface area contributed by atoms with Crippen molar-refractivity contribution in [3.63, 3.8) is 0 Å². The summed E-state index contributed by atoms with van der Waals surface area (Å²) < 4.78 is 50.5. The maximum atomic E-state index is 13.9. The predicted molar refractivity (Wildman–Crippen MR) is 142 cm³/mol. The molecule has 1 fully saturated rings. The lowest BCUT2D eigenvalue weighted by molar-refractivity contribution is -0.135. The quantitative estimate of drug-likeness (QED) is 0.404. The van der Waals surface area contributed by atoms with Crippen LogP contribution in [0, 0.1) is 5.82 Å². The Morgan fingerprint density at radius 1 is 1.08 bits per heavy atom. The molecule has 0 N–H and O–H groups in total. The van der Waals surface area contributed by atoms with Crippen molar-refractivity contribution >= 4 is 21.8 Å². The molecule has 0 bridgehead atoms. The van der Waals surface area contributed by atoms with E-state index in [0.29, 0.717) is 42.8 Å². The number of hydrogen-bond donors (Lipinski definition) is 0. The molecule has 1 heterocycles. The first-order chi connectivity index (χ1) is 18.2. The second-order valence-electron chi connectivity index (χ2n) is 9.13. The van der Waals surface area contributed by atoms with Gasteiger partial charge in [-0.15, -0.1) is 0 Å². The number of hydrogen-bond acceptors (Lipinski definition) is 6. The molecule has 0 atom stereocenters. The Bertz CT molecular complexity index is 1180. The van der Waals surface area contributed by atoms with Crippen LogP contribution in [0.25, 0.3) is 0 Å². The zero-order valence-electron chi connectivity index (χ0n) is 22.1. The number of rotatable bonds is 12. The Balaban J connectivity index is 1.76. The van der Waals surface area contributed by atoms with Crippen LogP contribution in [-0.4, -0.2) is 93.1 Å². The molecule has 3 rings (SSSR count). The minimum atomic E-state index is -3.64. The Morgan fingerprint density at radius 2 is 1.76 bits per heavy atom. The maximum absolute atomic E-state index is 13.9. The van der Waals surface area contributed by atoms with Crippen molar-refractivity contribution in [2.45, 2.75) is 32.4 Å². The Hall–Kier alpha value is -3.02. The number of amides is 2. The molecule has 2 aromatic carbocycles. The maximum Gasteiger partial charge on any atom is 0.253 e. The SMILES string of the molecule is CCS(=O)(=O)N(CCOC)CC(=O)N(Cc1cccc(F)c1)C1CCN(C(=O)c2ccc(OC)cc2)CC1. The lowest BCUT2D eigenvalue weighted by Crippen LogP contribution is -2.51. The van der Waals surface area contributed by atoms with Gasteiger partial charge in [0, 0.05) is 44.9 Å². The monoisotopic (exact) mass is 549 g/mol. The minimum absolute atomic E-state index is 0.0566. The molecule has 9 nitrogen and oxygen atoms in total. The van der Waals surface area contributed by atoms with Gasteiger partial charge in [0.2, 0.25) is 15.9 Å². The third kappa shape index (κ3) is 7.75. The average molecular weight is 550 g/mol. The first kappa shape index (κ1) is 29.5. The molecule has 1 aliphatic heterocycles. The van der Waals surface area contributed by atoms with Gasteiger partial charge in [0.05, 0.1) is 26.0 Å². The van der Waals surface area contributed by atoms with Crippen molar-refractivity contribution in [2.75, 3.05) is 52.8 Å². The molecule has 0 spiro atoms. The Labute approximate surface area is 224 Å². The van der Waals surface area contributed by atoms with Crippen LogP contribution in [0.3, 0.4) is 0 Å². The van der Waals surface area contributed by atoms with Gasteiger partial charge >= 0.3 is 0 Å². The van der Waals surface area contributed by atoms with Gasteiger partial charge in [-0.05, 0) is 61.7 Å². The average Bonchev–Trinajstić information content (AvgIpc) is 2.93. The number of benzene rings is 2. The van der Waals surface area contributed by atoms with Gasteiger partial charge in [-0.2, -0.15) is 4.31 Å². The summed E-state index contributed by atoms with van der Waals surface area (Å²) in [6, 6.07) is 12.7. The first-order valence-electron chi connectivity index (χ1n) is 12.6. The fraction of sp³-hybridized carbons (Fsp3) is 0.481. The van der Waals surface area contributed by atoms with Crippen LogP contribution < -0.4 is 4.74 Å². The standard InChI is InChI=1S/C27H36FN3O6S/c1-4-38(34,35)30(16-17-36-2)20-26(32)31(19-21-6-5-7-23(28)18-21)24-12-14-29(15-13-24)27(33)22-8-10-25(37-3)11-9-22/h5-11,18,24H,4,12-17,19-20H2,1-3H3. The molecule has 0 unspecified atom stereocenters. The van der Waals surface area contributed by atoms with E-state index < -0.39 is 15.8 Å². The summed E-state index contributed by atoms with van der Waals surface area (Å²) in [5, 5.41) is 0. The van der Waals surface area contributed by atoms with Gasteiger partial charge in [0.15, 0.2) is 0 Å². The van der Waals surface area contributed by atoms with E-state index in [2.05, 4.69) is 0 Å². The molecular formula is C27H36FN3O6S. The highest BCUT2D eigenvalue weighted by Gasteiger charge is 2.32. The van der Waals surface area contributed by atoms with Gasteiger partial charge in [-0.25, -0.2) is 12.8 Å². The van der Waals surface area contributed by atoms with Crippen molar-refractivity contribution < 1.29 is 31.9 Å². The molecule has 0 saturated carbocycles. The van der Waals surface area contributed by atoms with Crippen LogP contribution in [0.4, 0.5) is 4.39 Å². The Morgan fingerprint density at radius 3 is 2.34 bits per heavy atom. The molecule has 11 heteroatoms. The number of carbonyl (C=O) groups excluding carboxylic acids is 2. The van der Waals surface area contributed by atoms with Crippen molar-refractivity contribution in [1.29, 1.82) is 0 Å². The minimum Gasteiger partial charge on any atom is -0.497 e. The largest absolute Gasteiger partial charge is 0.497 e. The molecule has 1 aliphatic rings. The normalized spacial score (nSPS) is 14.5. The van der Waals surface area contributed by atoms with Crippen LogP contribution in [0.15, 0.2) is 48.5 Å². The van der Waals surface area contributed by atoms with Gasteiger partial charge in [0.1, 0.15) is 11.6 Å². The lowest BCUT2D eigenvalue weighted by atomic mass is 10.0. The molecule has 38 heavy (non-hydrogen) atoms. The van der Waals surface area contributed by atoms with Crippen LogP contribution in [0.2, 0.25) is 0 Å². The number of nitrogens with zero attached hydrogens (tertiary/aromatic N) is 3. The van der Waals surface area contributed by atoms with Gasteiger partial charge in [-0.3, -0.25) is 9.59 Å². The zero-order chi connectivity index (χ0) is 27.7. The second-order valence-corrected chi connectivity index (χ2v) is 11.4. The van der Waals surface area contributed by atoms with E-state index in [1.165, 1.54) is 26.2 Å². The van der Waals surface area contributed by atoms with E-state index >= 15 is 0 Å². The van der Waals surface area contributed by atoms with Crippen molar-refractivity contribution in [1.82, 2.24) is 14.1 Å². The second kappa shape index (κ2) is 13.7. The highest BCUT2D eigenvalue weighted by Crippen LogP contribution is 2.23. The third-order valence-electron chi connectivity index (χ3n) is 6.71.